The molecule has 0 spiro atoms. The van der Waals surface area contributed by atoms with E-state index >= 15 is 0 Å². The number of rotatable bonds is 0. The Bertz CT molecular complexity index is 143. The van der Waals surface area contributed by atoms with Gasteiger partial charge in [-0.3, -0.25) is 0 Å². The summed E-state index contributed by atoms with van der Waals surface area (Å²) in [5.41, 5.74) is 1.42. The summed E-state index contributed by atoms with van der Waals surface area (Å²) in [6, 6.07) is 0. The van der Waals surface area contributed by atoms with Gasteiger partial charge in [0.05, 0.1) is 0 Å². The zero-order chi connectivity index (χ0) is 7.98. The van der Waals surface area contributed by atoms with Gasteiger partial charge in [0.25, 0.3) is 0 Å². The van der Waals surface area contributed by atoms with E-state index in [1.807, 2.05) is 25.6 Å². The third-order valence-electron chi connectivity index (χ3n) is 1.32. The topological polar surface area (TPSA) is 0 Å². The fraction of sp³-hybridized carbons (Fsp3) is 0.556. The lowest BCUT2D eigenvalue weighted by atomic mass is 10.2. The van der Waals surface area contributed by atoms with Gasteiger partial charge < -0.3 is 0 Å². The minimum absolute atomic E-state index is 1.16. The second-order valence-electron chi connectivity index (χ2n) is 1.95. The molecule has 0 fully saturated rings. The van der Waals surface area contributed by atoms with Crippen LogP contribution in [0.25, 0.3) is 0 Å². The van der Waals surface area contributed by atoms with Gasteiger partial charge in [0.1, 0.15) is 0 Å². The minimum atomic E-state index is 1.16. The number of thioether (sulfide) groups is 1. The maximum atomic E-state index is 2.20. The van der Waals surface area contributed by atoms with E-state index in [1.165, 1.54) is 10.5 Å². The predicted octanol–water partition coefficient (Wildman–Crippen LogP) is 3.61. The third-order valence-corrected chi connectivity index (χ3v) is 2.43. The minimum Gasteiger partial charge on any atom is -0.126 e. The summed E-state index contributed by atoms with van der Waals surface area (Å²) in [6.07, 6.45) is 4.39. The second kappa shape index (κ2) is 5.60. The maximum absolute atomic E-state index is 2.20. The largest absolute Gasteiger partial charge is 0.126 e. The molecule has 0 aromatic heterocycles. The fourth-order valence-electron chi connectivity index (χ4n) is 0.629. The summed E-state index contributed by atoms with van der Waals surface area (Å²) >= 11 is 1.92. The highest BCUT2D eigenvalue weighted by molar-refractivity contribution is 8.03. The van der Waals surface area contributed by atoms with Gasteiger partial charge in [-0.25, -0.2) is 0 Å². The molecule has 0 N–H and O–H groups in total. The first-order valence-corrected chi connectivity index (χ1v) is 4.76. The molecule has 1 aliphatic rings. The van der Waals surface area contributed by atoms with Crippen molar-refractivity contribution in [3.8, 4) is 0 Å². The van der Waals surface area contributed by atoms with Crippen LogP contribution < -0.4 is 0 Å². The SMILES string of the molecule is CC.CC1=C(C)SCC=C1. The lowest BCUT2D eigenvalue weighted by Gasteiger charge is -2.05. The normalized spacial score (nSPS) is 16.4. The molecular formula is C9H16S. The van der Waals surface area contributed by atoms with Crippen molar-refractivity contribution in [3.05, 3.63) is 22.6 Å². The Morgan fingerprint density at radius 1 is 1.30 bits per heavy atom. The van der Waals surface area contributed by atoms with Crippen LogP contribution in [0.5, 0.6) is 0 Å². The van der Waals surface area contributed by atoms with Gasteiger partial charge in [-0.2, -0.15) is 0 Å². The Hall–Kier alpha value is -0.170. The Labute approximate surface area is 68.4 Å². The molecule has 0 amide bonds. The molecule has 0 bridgehead atoms. The van der Waals surface area contributed by atoms with Crippen LogP contribution in [0.1, 0.15) is 27.7 Å². The van der Waals surface area contributed by atoms with Crippen LogP contribution in [0.15, 0.2) is 22.6 Å². The van der Waals surface area contributed by atoms with Crippen LogP contribution in [-0.2, 0) is 0 Å². The Balaban J connectivity index is 0.000000371. The van der Waals surface area contributed by atoms with E-state index in [-0.39, 0.29) is 0 Å². The Kier molecular flexibility index (Phi) is 5.51. The van der Waals surface area contributed by atoms with Crippen LogP contribution in [0.2, 0.25) is 0 Å². The first-order chi connectivity index (χ1) is 4.80. The summed E-state index contributed by atoms with van der Waals surface area (Å²) in [7, 11) is 0. The summed E-state index contributed by atoms with van der Waals surface area (Å²) in [5, 5.41) is 0. The smallest absolute Gasteiger partial charge is 0.0160 e. The van der Waals surface area contributed by atoms with Crippen molar-refractivity contribution in [2.75, 3.05) is 5.75 Å². The molecule has 0 aromatic rings. The van der Waals surface area contributed by atoms with Gasteiger partial charge in [-0.1, -0.05) is 26.0 Å². The average molecular weight is 156 g/mol. The highest BCUT2D eigenvalue weighted by atomic mass is 32.2. The van der Waals surface area contributed by atoms with E-state index in [0.29, 0.717) is 0 Å². The fourth-order valence-corrected chi connectivity index (χ4v) is 1.37. The van der Waals surface area contributed by atoms with Crippen LogP contribution in [0.3, 0.4) is 0 Å². The Morgan fingerprint density at radius 3 is 2.20 bits per heavy atom. The first kappa shape index (κ1) is 9.83. The van der Waals surface area contributed by atoms with Gasteiger partial charge in [-0.05, 0) is 24.3 Å². The van der Waals surface area contributed by atoms with Crippen molar-refractivity contribution in [1.82, 2.24) is 0 Å². The molecule has 0 unspecified atom stereocenters. The molecule has 1 heterocycles. The van der Waals surface area contributed by atoms with Crippen molar-refractivity contribution >= 4 is 11.8 Å². The van der Waals surface area contributed by atoms with Crippen molar-refractivity contribution in [3.63, 3.8) is 0 Å². The average Bonchev–Trinajstić information content (AvgIpc) is 2.00. The number of allylic oxidation sites excluding steroid dienone is 3. The van der Waals surface area contributed by atoms with Gasteiger partial charge in [-0.15, -0.1) is 11.8 Å². The van der Waals surface area contributed by atoms with E-state index in [9.17, 15) is 0 Å². The predicted molar refractivity (Wildman–Crippen MR) is 51.3 cm³/mol. The molecule has 0 saturated heterocycles. The van der Waals surface area contributed by atoms with Gasteiger partial charge >= 0.3 is 0 Å². The lowest BCUT2D eigenvalue weighted by molar-refractivity contribution is 1.42. The van der Waals surface area contributed by atoms with E-state index in [0.717, 1.165) is 5.75 Å². The molecule has 58 valence electrons. The summed E-state index contributed by atoms with van der Waals surface area (Å²) in [5.74, 6) is 1.16. The number of hydrogen-bond donors (Lipinski definition) is 0. The van der Waals surface area contributed by atoms with Crippen molar-refractivity contribution in [2.45, 2.75) is 27.7 Å². The van der Waals surface area contributed by atoms with Gasteiger partial charge in [0.15, 0.2) is 0 Å². The summed E-state index contributed by atoms with van der Waals surface area (Å²) in [4.78, 5) is 1.47. The van der Waals surface area contributed by atoms with Crippen molar-refractivity contribution < 1.29 is 0 Å². The standard InChI is InChI=1S/C7H10S.C2H6/c1-6-4-3-5-8-7(6)2;1-2/h3-4H,5H2,1-2H3;1-2H3. The monoisotopic (exact) mass is 156 g/mol. The third kappa shape index (κ3) is 3.11. The van der Waals surface area contributed by atoms with Gasteiger partial charge in [0, 0.05) is 5.75 Å². The van der Waals surface area contributed by atoms with Crippen LogP contribution in [-0.4, -0.2) is 5.75 Å². The Morgan fingerprint density at radius 2 is 1.90 bits per heavy atom. The van der Waals surface area contributed by atoms with Crippen LogP contribution >= 0.6 is 11.8 Å². The zero-order valence-corrected chi connectivity index (χ0v) is 8.09. The molecule has 1 rings (SSSR count). The zero-order valence-electron chi connectivity index (χ0n) is 7.27. The maximum Gasteiger partial charge on any atom is 0.0160 e. The highest BCUT2D eigenvalue weighted by Gasteiger charge is 1.96. The van der Waals surface area contributed by atoms with Crippen molar-refractivity contribution in [1.29, 1.82) is 0 Å². The lowest BCUT2D eigenvalue weighted by Crippen LogP contribution is -1.83. The van der Waals surface area contributed by atoms with E-state index in [4.69, 9.17) is 0 Å². The second-order valence-corrected chi connectivity index (χ2v) is 3.19. The van der Waals surface area contributed by atoms with E-state index in [2.05, 4.69) is 26.0 Å². The van der Waals surface area contributed by atoms with E-state index < -0.39 is 0 Å². The summed E-state index contributed by atoms with van der Waals surface area (Å²) < 4.78 is 0. The molecule has 0 radical (unpaired) electrons. The van der Waals surface area contributed by atoms with Gasteiger partial charge in [0.2, 0.25) is 0 Å². The number of hydrogen-bond acceptors (Lipinski definition) is 1. The quantitative estimate of drug-likeness (QED) is 0.516. The van der Waals surface area contributed by atoms with Crippen LogP contribution in [0, 0.1) is 0 Å². The molecule has 0 aromatic carbocycles. The molecule has 10 heavy (non-hydrogen) atoms. The van der Waals surface area contributed by atoms with Crippen molar-refractivity contribution in [2.24, 2.45) is 0 Å². The molecule has 0 saturated carbocycles. The molecular weight excluding hydrogens is 140 g/mol. The molecule has 0 atom stereocenters. The summed E-state index contributed by atoms with van der Waals surface area (Å²) in [6.45, 7) is 8.32. The highest BCUT2D eigenvalue weighted by Crippen LogP contribution is 2.23. The molecule has 0 aliphatic carbocycles. The van der Waals surface area contributed by atoms with E-state index in [1.54, 1.807) is 0 Å². The molecule has 1 heteroatoms. The van der Waals surface area contributed by atoms with Crippen LogP contribution in [0.4, 0.5) is 0 Å². The first-order valence-electron chi connectivity index (χ1n) is 3.77. The molecule has 0 nitrogen and oxygen atoms in total. The molecule has 1 aliphatic heterocycles.